The normalized spacial score (nSPS) is 16.4. The first-order valence-corrected chi connectivity index (χ1v) is 13.0. The Bertz CT molecular complexity index is 1160. The van der Waals surface area contributed by atoms with Gasteiger partial charge in [0, 0.05) is 31.2 Å². The molecule has 3 aromatic rings. The third-order valence-corrected chi connectivity index (χ3v) is 6.99. The Balaban J connectivity index is 1.69. The van der Waals surface area contributed by atoms with Gasteiger partial charge in [0.25, 0.3) is 5.91 Å². The van der Waals surface area contributed by atoms with Crippen LogP contribution in [0.15, 0.2) is 42.5 Å². The van der Waals surface area contributed by atoms with E-state index in [4.69, 9.17) is 9.72 Å². The Kier molecular flexibility index (Phi) is 8.24. The summed E-state index contributed by atoms with van der Waals surface area (Å²) in [6.07, 6.45) is 6.63. The Morgan fingerprint density at radius 2 is 1.86 bits per heavy atom. The van der Waals surface area contributed by atoms with E-state index in [1.54, 1.807) is 0 Å². The number of hydrogen-bond donors (Lipinski definition) is 0. The number of benzene rings is 2. The van der Waals surface area contributed by atoms with E-state index in [0.717, 1.165) is 47.8 Å². The Hall–Kier alpha value is -3.12. The third-order valence-electron chi connectivity index (χ3n) is 6.99. The first-order chi connectivity index (χ1) is 17.1. The van der Waals surface area contributed by atoms with Gasteiger partial charge in [-0.2, -0.15) is 0 Å². The molecule has 0 spiro atoms. The standard InChI is InChI=1S/C29H38N4O2/c1-5-31(6-2)29(34)23-14-17-27-26(20-23)30-28(33(27)21-24-10-9-19-32(24)7-3)18-13-22-11-15-25(16-12-22)35-8-4/h11-18,20,24H,5-10,19,21H2,1-4H3. The fourth-order valence-electron chi connectivity index (χ4n) is 5.04. The molecule has 0 bridgehead atoms. The van der Waals surface area contributed by atoms with Gasteiger partial charge in [-0.3, -0.25) is 9.69 Å². The topological polar surface area (TPSA) is 50.6 Å². The number of fused-ring (bicyclic) bond motifs is 1. The molecule has 1 atom stereocenters. The highest BCUT2D eigenvalue weighted by Gasteiger charge is 2.25. The van der Waals surface area contributed by atoms with Gasteiger partial charge in [0.05, 0.1) is 17.6 Å². The monoisotopic (exact) mass is 474 g/mol. The molecule has 2 heterocycles. The predicted octanol–water partition coefficient (Wildman–Crippen LogP) is 5.57. The van der Waals surface area contributed by atoms with Gasteiger partial charge in [0.1, 0.15) is 11.6 Å². The zero-order valence-electron chi connectivity index (χ0n) is 21.5. The third kappa shape index (κ3) is 5.59. The van der Waals surface area contributed by atoms with Crippen LogP contribution in [0.1, 0.15) is 62.3 Å². The van der Waals surface area contributed by atoms with Crippen LogP contribution in [0.3, 0.4) is 0 Å². The zero-order valence-corrected chi connectivity index (χ0v) is 21.5. The van der Waals surface area contributed by atoms with Gasteiger partial charge in [-0.15, -0.1) is 0 Å². The van der Waals surface area contributed by atoms with E-state index in [9.17, 15) is 4.79 Å². The number of aromatic nitrogens is 2. The van der Waals surface area contributed by atoms with Crippen molar-refractivity contribution in [3.63, 3.8) is 0 Å². The highest BCUT2D eigenvalue weighted by atomic mass is 16.5. The van der Waals surface area contributed by atoms with Crippen LogP contribution in [0.4, 0.5) is 0 Å². The van der Waals surface area contributed by atoms with Crippen LogP contribution in [-0.4, -0.2) is 64.1 Å². The number of likely N-dealkylation sites (N-methyl/N-ethyl adjacent to an activating group) is 1. The molecule has 1 aliphatic rings. The van der Waals surface area contributed by atoms with Crippen molar-refractivity contribution in [3.05, 3.63) is 59.4 Å². The fourth-order valence-corrected chi connectivity index (χ4v) is 5.04. The summed E-state index contributed by atoms with van der Waals surface area (Å²) in [5.41, 5.74) is 3.75. The molecule has 1 unspecified atom stereocenters. The van der Waals surface area contributed by atoms with Crippen LogP contribution in [0.25, 0.3) is 23.2 Å². The molecule has 186 valence electrons. The van der Waals surface area contributed by atoms with E-state index < -0.39 is 0 Å². The molecule has 4 rings (SSSR count). The van der Waals surface area contributed by atoms with Crippen LogP contribution >= 0.6 is 0 Å². The van der Waals surface area contributed by atoms with Gasteiger partial charge in [-0.05, 0) is 88.7 Å². The minimum absolute atomic E-state index is 0.0610. The van der Waals surface area contributed by atoms with Crippen molar-refractivity contribution in [1.29, 1.82) is 0 Å². The van der Waals surface area contributed by atoms with Crippen molar-refractivity contribution < 1.29 is 9.53 Å². The largest absolute Gasteiger partial charge is 0.494 e. The zero-order chi connectivity index (χ0) is 24.8. The second-order valence-electron chi connectivity index (χ2n) is 9.02. The molecule has 1 fully saturated rings. The van der Waals surface area contributed by atoms with Gasteiger partial charge < -0.3 is 14.2 Å². The first kappa shape index (κ1) is 25.0. The maximum absolute atomic E-state index is 12.9. The van der Waals surface area contributed by atoms with Crippen molar-refractivity contribution in [2.45, 2.75) is 53.1 Å². The lowest BCUT2D eigenvalue weighted by molar-refractivity contribution is 0.0773. The number of likely N-dealkylation sites (tertiary alicyclic amines) is 1. The van der Waals surface area contributed by atoms with Crippen molar-refractivity contribution in [2.75, 3.05) is 32.8 Å². The summed E-state index contributed by atoms with van der Waals surface area (Å²) in [5, 5.41) is 0. The molecule has 6 nitrogen and oxygen atoms in total. The summed E-state index contributed by atoms with van der Waals surface area (Å²) in [4.78, 5) is 22.3. The number of nitrogens with zero attached hydrogens (tertiary/aromatic N) is 4. The molecule has 0 aliphatic carbocycles. The lowest BCUT2D eigenvalue weighted by atomic mass is 10.1. The van der Waals surface area contributed by atoms with E-state index in [0.29, 0.717) is 31.3 Å². The predicted molar refractivity (Wildman–Crippen MR) is 144 cm³/mol. The molecule has 1 aliphatic heterocycles. The van der Waals surface area contributed by atoms with E-state index in [2.05, 4.69) is 46.7 Å². The van der Waals surface area contributed by atoms with Gasteiger partial charge in [-0.25, -0.2) is 4.98 Å². The minimum Gasteiger partial charge on any atom is -0.494 e. The molecule has 1 saturated heterocycles. The van der Waals surface area contributed by atoms with Crippen molar-refractivity contribution in [3.8, 4) is 5.75 Å². The van der Waals surface area contributed by atoms with Crippen molar-refractivity contribution in [2.24, 2.45) is 0 Å². The number of imidazole rings is 1. The molecule has 35 heavy (non-hydrogen) atoms. The number of ether oxygens (including phenoxy) is 1. The van der Waals surface area contributed by atoms with E-state index in [1.807, 2.05) is 49.9 Å². The molecule has 0 N–H and O–H groups in total. The molecule has 2 aromatic carbocycles. The van der Waals surface area contributed by atoms with Crippen molar-refractivity contribution in [1.82, 2.24) is 19.4 Å². The van der Waals surface area contributed by atoms with Crippen LogP contribution in [0, 0.1) is 0 Å². The summed E-state index contributed by atoms with van der Waals surface area (Å²) in [7, 11) is 0. The summed E-state index contributed by atoms with van der Waals surface area (Å²) < 4.78 is 7.89. The SMILES string of the molecule is CCOc1ccc(C=Cc2nc3cc(C(=O)N(CC)CC)ccc3n2CC2CCCN2CC)cc1. The van der Waals surface area contributed by atoms with Crippen LogP contribution < -0.4 is 4.74 Å². The number of carbonyl (C=O) groups excluding carboxylic acids is 1. The minimum atomic E-state index is 0.0610. The highest BCUT2D eigenvalue weighted by molar-refractivity contribution is 5.97. The fraction of sp³-hybridized carbons (Fsp3) is 0.448. The number of carbonyl (C=O) groups is 1. The molecule has 6 heteroatoms. The van der Waals surface area contributed by atoms with E-state index in [1.165, 1.54) is 12.8 Å². The average molecular weight is 475 g/mol. The lowest BCUT2D eigenvalue weighted by Gasteiger charge is -2.24. The number of hydrogen-bond acceptors (Lipinski definition) is 4. The highest BCUT2D eigenvalue weighted by Crippen LogP contribution is 2.25. The molecular weight excluding hydrogens is 436 g/mol. The van der Waals surface area contributed by atoms with Gasteiger partial charge >= 0.3 is 0 Å². The van der Waals surface area contributed by atoms with Gasteiger partial charge in [-0.1, -0.05) is 25.1 Å². The van der Waals surface area contributed by atoms with Crippen LogP contribution in [-0.2, 0) is 6.54 Å². The molecule has 1 amide bonds. The van der Waals surface area contributed by atoms with E-state index in [-0.39, 0.29) is 5.91 Å². The van der Waals surface area contributed by atoms with Crippen LogP contribution in [0.5, 0.6) is 5.75 Å². The second kappa shape index (κ2) is 11.5. The second-order valence-corrected chi connectivity index (χ2v) is 9.02. The maximum atomic E-state index is 12.9. The maximum Gasteiger partial charge on any atom is 0.253 e. The van der Waals surface area contributed by atoms with Gasteiger partial charge in [0.15, 0.2) is 0 Å². The number of amides is 1. The van der Waals surface area contributed by atoms with Crippen molar-refractivity contribution >= 4 is 29.1 Å². The molecule has 0 radical (unpaired) electrons. The summed E-state index contributed by atoms with van der Waals surface area (Å²) >= 11 is 0. The number of rotatable bonds is 10. The summed E-state index contributed by atoms with van der Waals surface area (Å²) in [6, 6.07) is 14.6. The first-order valence-electron chi connectivity index (χ1n) is 13.0. The smallest absolute Gasteiger partial charge is 0.253 e. The Labute approximate surface area is 209 Å². The summed E-state index contributed by atoms with van der Waals surface area (Å²) in [5.74, 6) is 1.86. The summed E-state index contributed by atoms with van der Waals surface area (Å²) in [6.45, 7) is 13.4. The van der Waals surface area contributed by atoms with E-state index >= 15 is 0 Å². The average Bonchev–Trinajstić information content (AvgIpc) is 3.48. The molecule has 1 aromatic heterocycles. The Morgan fingerprint density at radius 1 is 1.09 bits per heavy atom. The molecule has 0 saturated carbocycles. The molecular formula is C29H38N4O2. The van der Waals surface area contributed by atoms with Gasteiger partial charge in [0.2, 0.25) is 0 Å². The quantitative estimate of drug-likeness (QED) is 0.385. The Morgan fingerprint density at radius 3 is 2.54 bits per heavy atom. The van der Waals surface area contributed by atoms with Crippen LogP contribution in [0.2, 0.25) is 0 Å². The lowest BCUT2D eigenvalue weighted by Crippen LogP contribution is -2.33.